The van der Waals surface area contributed by atoms with E-state index in [0.717, 1.165) is 0 Å². The molecule has 8 heavy (non-hydrogen) atoms. The molecule has 0 bridgehead atoms. The van der Waals surface area contributed by atoms with Crippen LogP contribution in [0.5, 0.6) is 0 Å². The van der Waals surface area contributed by atoms with Gasteiger partial charge in [-0.25, -0.2) is 0 Å². The molecule has 0 aromatic carbocycles. The van der Waals surface area contributed by atoms with Crippen molar-refractivity contribution in [1.29, 1.82) is 0 Å². The van der Waals surface area contributed by atoms with Gasteiger partial charge in [-0.15, -0.1) is 0 Å². The first-order chi connectivity index (χ1) is 3.35. The van der Waals surface area contributed by atoms with E-state index in [1.807, 2.05) is 0 Å². The van der Waals surface area contributed by atoms with E-state index < -0.39 is 22.7 Å². The SMILES string of the molecule is C[CH2][Pb+]([CH2]C)[CH2]C.[OH-]. The van der Waals surface area contributed by atoms with Crippen LogP contribution in [0, 0.1) is 0 Å². The van der Waals surface area contributed by atoms with Crippen molar-refractivity contribution in [2.45, 2.75) is 32.7 Å². The van der Waals surface area contributed by atoms with E-state index in [-0.39, 0.29) is 5.48 Å². The predicted molar refractivity (Wildman–Crippen MR) is 39.1 cm³/mol. The maximum atomic E-state index is 2.36. The van der Waals surface area contributed by atoms with Crippen molar-refractivity contribution in [1.82, 2.24) is 0 Å². The molecule has 2 heteroatoms. The molecule has 0 unspecified atom stereocenters. The smallest absolute Gasteiger partial charge is 0.870 e. The van der Waals surface area contributed by atoms with Crippen molar-refractivity contribution in [2.75, 3.05) is 0 Å². The van der Waals surface area contributed by atoms with Crippen LogP contribution in [0.25, 0.3) is 0 Å². The topological polar surface area (TPSA) is 30.0 Å². The Bertz CT molecular complexity index is 30.0. The molecule has 0 spiro atoms. The van der Waals surface area contributed by atoms with Crippen molar-refractivity contribution in [3.05, 3.63) is 0 Å². The van der Waals surface area contributed by atoms with Crippen LogP contribution in [0.3, 0.4) is 0 Å². The molecule has 0 rings (SSSR count). The minimum atomic E-state index is -0.789. The van der Waals surface area contributed by atoms with Crippen LogP contribution in [-0.2, 0) is 0 Å². The minimum absolute atomic E-state index is 0. The van der Waals surface area contributed by atoms with Gasteiger partial charge < -0.3 is 5.48 Å². The summed E-state index contributed by atoms with van der Waals surface area (Å²) in [6, 6.07) is 0. The average Bonchev–Trinajstić information content (AvgIpc) is 1.72. The van der Waals surface area contributed by atoms with E-state index in [0.29, 0.717) is 0 Å². The molecular weight excluding hydrogens is 295 g/mol. The monoisotopic (exact) mass is 312 g/mol. The van der Waals surface area contributed by atoms with E-state index in [1.54, 1.807) is 11.9 Å². The molecule has 0 aliphatic carbocycles. The molecule has 0 saturated carbocycles. The summed E-state index contributed by atoms with van der Waals surface area (Å²) >= 11 is -0.789. The summed E-state index contributed by atoms with van der Waals surface area (Å²) in [4.78, 5) is 0. The summed E-state index contributed by atoms with van der Waals surface area (Å²) in [5.41, 5.74) is 0. The zero-order valence-electron chi connectivity index (χ0n) is 6.07. The maximum absolute atomic E-state index is 2.36. The fraction of sp³-hybridized carbons (Fsp3) is 1.00. The van der Waals surface area contributed by atoms with Gasteiger partial charge in [-0.3, -0.25) is 0 Å². The Morgan fingerprint density at radius 2 is 1.12 bits per heavy atom. The first kappa shape index (κ1) is 11.7. The quantitative estimate of drug-likeness (QED) is 0.736. The minimum Gasteiger partial charge on any atom is -0.870 e. The molecule has 0 atom stereocenters. The predicted octanol–water partition coefficient (Wildman–Crippen LogP) is 2.36. The molecular formula is C6H16OPb. The third-order valence-electron chi connectivity index (χ3n) is 1.50. The Kier molecular flexibility index (Phi) is 11.5. The van der Waals surface area contributed by atoms with Gasteiger partial charge in [0.15, 0.2) is 0 Å². The second kappa shape index (κ2) is 7.88. The van der Waals surface area contributed by atoms with E-state index in [9.17, 15) is 0 Å². The van der Waals surface area contributed by atoms with Gasteiger partial charge in [-0.1, -0.05) is 0 Å². The third-order valence-corrected chi connectivity index (χ3v) is 13.2. The summed E-state index contributed by atoms with van der Waals surface area (Å²) in [5, 5.41) is 0. The molecule has 0 radical (unpaired) electrons. The Hall–Kier alpha value is 0.882. The van der Waals surface area contributed by atoms with Crippen LogP contribution in [0.2, 0.25) is 11.9 Å². The molecule has 0 aromatic heterocycles. The van der Waals surface area contributed by atoms with Gasteiger partial charge in [-0.2, -0.15) is 0 Å². The van der Waals surface area contributed by atoms with Crippen LogP contribution < -0.4 is 0 Å². The third kappa shape index (κ3) is 5.03. The second-order valence-electron chi connectivity index (χ2n) is 1.81. The first-order valence-electron chi connectivity index (χ1n) is 3.18. The summed E-state index contributed by atoms with van der Waals surface area (Å²) in [6.45, 7) is 7.07. The van der Waals surface area contributed by atoms with Gasteiger partial charge in [0, 0.05) is 0 Å². The summed E-state index contributed by atoms with van der Waals surface area (Å²) in [6.07, 6.45) is 0. The standard InChI is InChI=1S/3C2H5.H2O.Pb/c3*1-2;;/h3*1H2,2H3;1H2;/q;;;;+1/p-1. The molecule has 0 saturated heterocycles. The fourth-order valence-corrected chi connectivity index (χ4v) is 6.58. The van der Waals surface area contributed by atoms with Crippen LogP contribution in [0.15, 0.2) is 0 Å². The zero-order valence-corrected chi connectivity index (χ0v) is 9.96. The Morgan fingerprint density at radius 1 is 0.875 bits per heavy atom. The van der Waals surface area contributed by atoms with Crippen molar-refractivity contribution >= 4 is 22.7 Å². The second-order valence-corrected chi connectivity index (χ2v) is 15.9. The van der Waals surface area contributed by atoms with Gasteiger partial charge in [0.05, 0.1) is 0 Å². The average molecular weight is 311 g/mol. The van der Waals surface area contributed by atoms with Crippen molar-refractivity contribution in [3.63, 3.8) is 0 Å². The molecule has 1 nitrogen and oxygen atoms in total. The normalized spacial score (nSPS) is 7.88. The van der Waals surface area contributed by atoms with Crippen LogP contribution in [-0.4, -0.2) is 28.2 Å². The van der Waals surface area contributed by atoms with Gasteiger partial charge >= 0.3 is 55.4 Å². The Labute approximate surface area is 60.9 Å². The van der Waals surface area contributed by atoms with Crippen molar-refractivity contribution in [2.24, 2.45) is 0 Å². The number of rotatable bonds is 3. The van der Waals surface area contributed by atoms with Crippen LogP contribution in [0.1, 0.15) is 20.8 Å². The zero-order chi connectivity index (χ0) is 5.70. The molecule has 50 valence electrons. The molecule has 0 aliphatic heterocycles. The molecule has 0 fully saturated rings. The molecule has 0 amide bonds. The molecule has 1 N–H and O–H groups in total. The number of hydrogen-bond donors (Lipinski definition) is 0. The Balaban J connectivity index is 0. The van der Waals surface area contributed by atoms with E-state index in [2.05, 4.69) is 20.8 Å². The van der Waals surface area contributed by atoms with Gasteiger partial charge in [0.2, 0.25) is 0 Å². The van der Waals surface area contributed by atoms with Crippen molar-refractivity contribution in [3.8, 4) is 0 Å². The summed E-state index contributed by atoms with van der Waals surface area (Å²) < 4.78 is 4.70. The maximum Gasteiger partial charge on any atom is -0.870 e. The Morgan fingerprint density at radius 3 is 1.12 bits per heavy atom. The van der Waals surface area contributed by atoms with Gasteiger partial charge in [0.25, 0.3) is 0 Å². The molecule has 0 aliphatic rings. The van der Waals surface area contributed by atoms with Gasteiger partial charge in [0.1, 0.15) is 0 Å². The van der Waals surface area contributed by atoms with E-state index >= 15 is 0 Å². The number of hydrogen-bond acceptors (Lipinski definition) is 1. The van der Waals surface area contributed by atoms with Crippen molar-refractivity contribution < 1.29 is 5.48 Å². The van der Waals surface area contributed by atoms with Crippen LogP contribution in [0.4, 0.5) is 0 Å². The molecule has 0 aromatic rings. The van der Waals surface area contributed by atoms with Crippen LogP contribution >= 0.6 is 0 Å². The molecule has 0 heterocycles. The summed E-state index contributed by atoms with van der Waals surface area (Å²) in [5.74, 6) is 0. The van der Waals surface area contributed by atoms with Gasteiger partial charge in [-0.05, 0) is 0 Å². The largest absolute Gasteiger partial charge is 0.870 e. The van der Waals surface area contributed by atoms with E-state index in [4.69, 9.17) is 0 Å². The summed E-state index contributed by atoms with van der Waals surface area (Å²) in [7, 11) is 0. The first-order valence-corrected chi connectivity index (χ1v) is 11.4. The van der Waals surface area contributed by atoms with E-state index in [1.165, 1.54) is 0 Å². The fourth-order valence-electron chi connectivity index (χ4n) is 0.750.